The van der Waals surface area contributed by atoms with Crippen molar-refractivity contribution < 1.29 is 18.7 Å². The predicted octanol–water partition coefficient (Wildman–Crippen LogP) is 5.04. The maximum atomic E-state index is 13.0. The molecule has 31 heavy (non-hydrogen) atoms. The van der Waals surface area contributed by atoms with Gasteiger partial charge in [0.2, 0.25) is 0 Å². The molecule has 0 bridgehead atoms. The first kappa shape index (κ1) is 21.3. The van der Waals surface area contributed by atoms with Crippen molar-refractivity contribution in [1.82, 2.24) is 0 Å². The van der Waals surface area contributed by atoms with Gasteiger partial charge in [0.15, 0.2) is 0 Å². The second kappa shape index (κ2) is 7.96. The van der Waals surface area contributed by atoms with Gasteiger partial charge in [0, 0.05) is 10.3 Å². The minimum Gasteiger partial charge on any atom is -0.465 e. The topological polar surface area (TPSA) is 85.6 Å². The molecule has 0 saturated carbocycles. The van der Waals surface area contributed by atoms with Gasteiger partial charge in [-0.3, -0.25) is 4.79 Å². The number of fused-ring (bicyclic) bond motifs is 2. The molecule has 0 spiro atoms. The third-order valence-corrected chi connectivity index (χ3v) is 7.16. The van der Waals surface area contributed by atoms with Crippen molar-refractivity contribution in [2.24, 2.45) is 11.3 Å². The number of para-hydroxylation sites is 1. The fourth-order valence-electron chi connectivity index (χ4n) is 4.12. The smallest absolute Gasteiger partial charge is 0.349 e. The highest BCUT2D eigenvalue weighted by Crippen LogP contribution is 2.44. The molecular formula is C24H25NO5S. The zero-order valence-electron chi connectivity index (χ0n) is 18.0. The number of hydrogen-bond donors (Lipinski definition) is 1. The Bertz CT molecular complexity index is 1230. The molecule has 1 atom stereocenters. The van der Waals surface area contributed by atoms with E-state index >= 15 is 0 Å². The summed E-state index contributed by atoms with van der Waals surface area (Å²) in [5.41, 5.74) is 1.09. The van der Waals surface area contributed by atoms with Crippen molar-refractivity contribution in [3.63, 3.8) is 0 Å². The van der Waals surface area contributed by atoms with Gasteiger partial charge >= 0.3 is 11.6 Å². The van der Waals surface area contributed by atoms with Gasteiger partial charge in [-0.15, -0.1) is 11.3 Å². The molecule has 0 radical (unpaired) electrons. The number of methoxy groups -OCH3 is 1. The number of anilines is 1. The zero-order valence-corrected chi connectivity index (χ0v) is 18.9. The van der Waals surface area contributed by atoms with E-state index < -0.39 is 17.5 Å². The van der Waals surface area contributed by atoms with Crippen LogP contribution in [0.2, 0.25) is 0 Å². The largest absolute Gasteiger partial charge is 0.465 e. The molecule has 7 heteroatoms. The lowest BCUT2D eigenvalue weighted by Gasteiger charge is -2.33. The molecule has 2 aromatic heterocycles. The van der Waals surface area contributed by atoms with Crippen LogP contribution in [-0.4, -0.2) is 19.0 Å². The van der Waals surface area contributed by atoms with Crippen LogP contribution in [0.4, 0.5) is 5.00 Å². The minimum absolute atomic E-state index is 0.103. The normalized spacial score (nSPS) is 16.1. The number of thiophene rings is 1. The number of hydrogen-bond acceptors (Lipinski definition) is 6. The van der Waals surface area contributed by atoms with Gasteiger partial charge in [-0.05, 0) is 48.3 Å². The van der Waals surface area contributed by atoms with Crippen molar-refractivity contribution in [3.8, 4) is 0 Å². The molecule has 0 saturated heterocycles. The van der Waals surface area contributed by atoms with E-state index in [1.165, 1.54) is 24.5 Å². The van der Waals surface area contributed by atoms with Crippen molar-refractivity contribution in [3.05, 3.63) is 62.3 Å². The van der Waals surface area contributed by atoms with E-state index in [9.17, 15) is 14.4 Å². The summed E-state index contributed by atoms with van der Waals surface area (Å²) in [5.74, 6) is -0.594. The quantitative estimate of drug-likeness (QED) is 0.456. The van der Waals surface area contributed by atoms with Gasteiger partial charge < -0.3 is 14.5 Å². The van der Waals surface area contributed by atoms with E-state index in [4.69, 9.17) is 9.15 Å². The lowest BCUT2D eigenvalue weighted by atomic mass is 9.72. The first-order chi connectivity index (χ1) is 14.7. The summed E-state index contributed by atoms with van der Waals surface area (Å²) in [6.45, 7) is 6.66. The van der Waals surface area contributed by atoms with Crippen LogP contribution in [0.25, 0.3) is 11.0 Å². The van der Waals surface area contributed by atoms with Gasteiger partial charge in [-0.2, -0.15) is 0 Å². The number of carbonyl (C=O) groups excluding carboxylic acids is 2. The van der Waals surface area contributed by atoms with Gasteiger partial charge in [-0.1, -0.05) is 39.0 Å². The molecular weight excluding hydrogens is 414 g/mol. The SMILES string of the molecule is COC(=O)c1c(NC(=O)c2cc3ccccc3oc2=O)sc2c1CC[C@H](C(C)(C)C)C2. The Hall–Kier alpha value is -2.93. The van der Waals surface area contributed by atoms with E-state index in [-0.39, 0.29) is 11.0 Å². The van der Waals surface area contributed by atoms with Crippen LogP contribution in [0, 0.1) is 11.3 Å². The number of carbonyl (C=O) groups is 2. The molecule has 1 amide bonds. The van der Waals surface area contributed by atoms with Crippen LogP contribution in [-0.2, 0) is 17.6 Å². The number of ether oxygens (including phenoxy) is 1. The van der Waals surface area contributed by atoms with Crippen LogP contribution in [0.5, 0.6) is 0 Å². The average molecular weight is 440 g/mol. The maximum Gasteiger partial charge on any atom is 0.349 e. The molecule has 4 rings (SSSR count). The summed E-state index contributed by atoms with van der Waals surface area (Å²) in [4.78, 5) is 39.0. The second-order valence-corrected chi connectivity index (χ2v) is 10.0. The summed E-state index contributed by atoms with van der Waals surface area (Å²) in [7, 11) is 1.33. The molecule has 1 aromatic carbocycles. The van der Waals surface area contributed by atoms with Crippen molar-refractivity contribution >= 4 is 39.2 Å². The number of nitrogens with one attached hydrogen (secondary N) is 1. The Morgan fingerprint density at radius 3 is 2.68 bits per heavy atom. The van der Waals surface area contributed by atoms with Gasteiger partial charge in [-0.25, -0.2) is 9.59 Å². The van der Waals surface area contributed by atoms with Gasteiger partial charge in [0.05, 0.1) is 12.7 Å². The van der Waals surface area contributed by atoms with Crippen LogP contribution in [0.1, 0.15) is 58.3 Å². The molecule has 1 aliphatic carbocycles. The molecule has 6 nitrogen and oxygen atoms in total. The Labute approximate surface area is 184 Å². The number of rotatable bonds is 3. The summed E-state index contributed by atoms with van der Waals surface area (Å²) >= 11 is 1.39. The highest BCUT2D eigenvalue weighted by atomic mass is 32.1. The monoisotopic (exact) mass is 439 g/mol. The highest BCUT2D eigenvalue weighted by Gasteiger charge is 2.34. The lowest BCUT2D eigenvalue weighted by molar-refractivity contribution is 0.0600. The standard InChI is InChI=1S/C24H25NO5S/c1-24(2,3)14-9-10-15-18(12-14)31-21(19(15)23(28)29-4)25-20(26)16-11-13-7-5-6-8-17(13)30-22(16)27/h5-8,11,14H,9-10,12H2,1-4H3,(H,25,26)/t14-/m0/s1. The molecule has 1 N–H and O–H groups in total. The van der Waals surface area contributed by atoms with Gasteiger partial charge in [0.25, 0.3) is 5.91 Å². The maximum absolute atomic E-state index is 13.0. The van der Waals surface area contributed by atoms with Crippen LogP contribution >= 0.6 is 11.3 Å². The lowest BCUT2D eigenvalue weighted by Crippen LogP contribution is -2.26. The minimum atomic E-state index is -0.718. The number of benzene rings is 1. The van der Waals surface area contributed by atoms with Crippen molar-refractivity contribution in [2.45, 2.75) is 40.0 Å². The average Bonchev–Trinajstić information content (AvgIpc) is 3.08. The predicted molar refractivity (Wildman–Crippen MR) is 121 cm³/mol. The molecule has 2 heterocycles. The van der Waals surface area contributed by atoms with Crippen molar-refractivity contribution in [2.75, 3.05) is 12.4 Å². The molecule has 1 aliphatic rings. The first-order valence-electron chi connectivity index (χ1n) is 10.3. The molecule has 3 aromatic rings. The molecule has 0 aliphatic heterocycles. The Morgan fingerprint density at radius 1 is 1.23 bits per heavy atom. The van der Waals surface area contributed by atoms with Crippen molar-refractivity contribution in [1.29, 1.82) is 0 Å². The molecule has 0 fully saturated rings. The van der Waals surface area contributed by atoms with Crippen LogP contribution < -0.4 is 10.9 Å². The third kappa shape index (κ3) is 4.02. The third-order valence-electron chi connectivity index (χ3n) is 5.99. The fraction of sp³-hybridized carbons (Fsp3) is 0.375. The van der Waals surface area contributed by atoms with E-state index in [2.05, 4.69) is 26.1 Å². The fourth-order valence-corrected chi connectivity index (χ4v) is 5.43. The molecule has 0 unspecified atom stereocenters. The van der Waals surface area contributed by atoms with E-state index in [1.54, 1.807) is 24.3 Å². The Morgan fingerprint density at radius 2 is 1.97 bits per heavy atom. The second-order valence-electron chi connectivity index (χ2n) is 8.94. The van der Waals surface area contributed by atoms with Crippen LogP contribution in [0.3, 0.4) is 0 Å². The summed E-state index contributed by atoms with van der Waals surface area (Å²) in [6, 6.07) is 8.52. The van der Waals surface area contributed by atoms with Crippen LogP contribution in [0.15, 0.2) is 39.5 Å². The Balaban J connectivity index is 1.71. The van der Waals surface area contributed by atoms with E-state index in [0.717, 1.165) is 29.7 Å². The highest BCUT2D eigenvalue weighted by molar-refractivity contribution is 7.17. The van der Waals surface area contributed by atoms with E-state index in [1.807, 2.05) is 0 Å². The number of amides is 1. The van der Waals surface area contributed by atoms with E-state index in [0.29, 0.717) is 27.5 Å². The summed E-state index contributed by atoms with van der Waals surface area (Å²) < 4.78 is 10.3. The Kier molecular flexibility index (Phi) is 5.47. The summed E-state index contributed by atoms with van der Waals surface area (Å²) in [5, 5.41) is 3.85. The first-order valence-corrected chi connectivity index (χ1v) is 11.1. The summed E-state index contributed by atoms with van der Waals surface area (Å²) in [6.07, 6.45) is 2.58. The number of esters is 1. The zero-order chi connectivity index (χ0) is 22.3. The molecule has 162 valence electrons. The van der Waals surface area contributed by atoms with Gasteiger partial charge in [0.1, 0.15) is 16.1 Å².